The average molecular weight is 347 g/mol. The van der Waals surface area contributed by atoms with E-state index in [1.54, 1.807) is 6.08 Å². The molecule has 5 nitrogen and oxygen atoms in total. The van der Waals surface area contributed by atoms with Crippen molar-refractivity contribution in [3.63, 3.8) is 0 Å². The van der Waals surface area contributed by atoms with Gasteiger partial charge in [-0.15, -0.1) is 0 Å². The van der Waals surface area contributed by atoms with Crippen LogP contribution in [0.15, 0.2) is 30.3 Å². The number of benzene rings is 1. The zero-order chi connectivity index (χ0) is 18.1. The van der Waals surface area contributed by atoms with Crippen LogP contribution in [-0.2, 0) is 14.3 Å². The molecule has 1 atom stereocenters. The molecule has 0 aromatic heterocycles. The van der Waals surface area contributed by atoms with E-state index in [0.717, 1.165) is 30.9 Å². The maximum Gasteiger partial charge on any atom is 0.330 e. The van der Waals surface area contributed by atoms with Crippen molar-refractivity contribution < 1.29 is 19.0 Å². The first kappa shape index (κ1) is 19.5. The standard InChI is InChI=1S/C20H29NO4/c1-4-23-19-8-6-5-7-17(19)9-10-20(22)25-15-18-14-21(11-12-24-18)13-16(2)3/h5-10,16,18H,4,11-15H2,1-3H3/b10-9+. The summed E-state index contributed by atoms with van der Waals surface area (Å²) in [6, 6.07) is 7.60. The fraction of sp³-hybridized carbons (Fsp3) is 0.550. The lowest BCUT2D eigenvalue weighted by molar-refractivity contribution is -0.144. The number of ether oxygens (including phenoxy) is 3. The second-order valence-corrected chi connectivity index (χ2v) is 6.58. The molecule has 1 aromatic carbocycles. The Morgan fingerprint density at radius 1 is 1.40 bits per heavy atom. The Morgan fingerprint density at radius 3 is 2.96 bits per heavy atom. The lowest BCUT2D eigenvalue weighted by Gasteiger charge is -2.33. The van der Waals surface area contributed by atoms with Gasteiger partial charge in [0.25, 0.3) is 0 Å². The Labute approximate surface area is 150 Å². The highest BCUT2D eigenvalue weighted by Gasteiger charge is 2.21. The van der Waals surface area contributed by atoms with E-state index in [2.05, 4.69) is 18.7 Å². The molecule has 0 bridgehead atoms. The van der Waals surface area contributed by atoms with Gasteiger partial charge in [0.2, 0.25) is 0 Å². The molecule has 1 unspecified atom stereocenters. The van der Waals surface area contributed by atoms with Gasteiger partial charge in [0.05, 0.1) is 13.2 Å². The van der Waals surface area contributed by atoms with Gasteiger partial charge in [-0.05, 0) is 25.0 Å². The van der Waals surface area contributed by atoms with Crippen molar-refractivity contribution >= 4 is 12.0 Å². The van der Waals surface area contributed by atoms with Gasteiger partial charge in [-0.25, -0.2) is 4.79 Å². The third kappa shape index (κ3) is 6.88. The summed E-state index contributed by atoms with van der Waals surface area (Å²) in [5, 5.41) is 0. The summed E-state index contributed by atoms with van der Waals surface area (Å²) < 4.78 is 16.6. The molecule has 1 fully saturated rings. The number of rotatable bonds is 8. The van der Waals surface area contributed by atoms with Gasteiger partial charge in [0, 0.05) is 31.3 Å². The number of nitrogens with zero attached hydrogens (tertiary/aromatic N) is 1. The number of carbonyl (C=O) groups excluding carboxylic acids is 1. The van der Waals surface area contributed by atoms with Crippen LogP contribution < -0.4 is 4.74 Å². The summed E-state index contributed by atoms with van der Waals surface area (Å²) in [4.78, 5) is 14.3. The maximum atomic E-state index is 12.0. The zero-order valence-corrected chi connectivity index (χ0v) is 15.4. The van der Waals surface area contributed by atoms with E-state index in [4.69, 9.17) is 14.2 Å². The summed E-state index contributed by atoms with van der Waals surface area (Å²) in [6.45, 7) is 10.7. The molecule has 1 aromatic rings. The van der Waals surface area contributed by atoms with Crippen LogP contribution >= 0.6 is 0 Å². The van der Waals surface area contributed by atoms with Gasteiger partial charge in [-0.1, -0.05) is 32.0 Å². The lowest BCUT2D eigenvalue weighted by atomic mass is 10.2. The predicted molar refractivity (Wildman–Crippen MR) is 98.6 cm³/mol. The summed E-state index contributed by atoms with van der Waals surface area (Å²) >= 11 is 0. The minimum atomic E-state index is -0.365. The second kappa shape index (κ2) is 10.2. The van der Waals surface area contributed by atoms with Crippen molar-refractivity contribution in [1.29, 1.82) is 0 Å². The van der Waals surface area contributed by atoms with Crippen LogP contribution in [-0.4, -0.2) is 56.4 Å². The molecule has 0 radical (unpaired) electrons. The molecule has 0 saturated carbocycles. The van der Waals surface area contributed by atoms with Crippen LogP contribution in [0.2, 0.25) is 0 Å². The number of carbonyl (C=O) groups is 1. The maximum absolute atomic E-state index is 12.0. The third-order valence-electron chi connectivity index (χ3n) is 3.88. The van der Waals surface area contributed by atoms with Crippen LogP contribution in [0.5, 0.6) is 5.75 Å². The Bertz CT molecular complexity index is 571. The molecule has 1 heterocycles. The predicted octanol–water partition coefficient (Wildman–Crippen LogP) is 3.00. The number of esters is 1. The molecule has 1 aliphatic rings. The highest BCUT2D eigenvalue weighted by atomic mass is 16.6. The first-order valence-electron chi connectivity index (χ1n) is 8.99. The zero-order valence-electron chi connectivity index (χ0n) is 15.4. The molecular weight excluding hydrogens is 318 g/mol. The average Bonchev–Trinajstić information content (AvgIpc) is 2.59. The minimum Gasteiger partial charge on any atom is -0.493 e. The second-order valence-electron chi connectivity index (χ2n) is 6.58. The molecule has 0 N–H and O–H groups in total. The highest BCUT2D eigenvalue weighted by Crippen LogP contribution is 2.19. The molecule has 138 valence electrons. The van der Waals surface area contributed by atoms with Gasteiger partial charge in [-0.2, -0.15) is 0 Å². The van der Waals surface area contributed by atoms with E-state index in [0.29, 0.717) is 19.1 Å². The third-order valence-corrected chi connectivity index (χ3v) is 3.88. The molecule has 1 aliphatic heterocycles. The van der Waals surface area contributed by atoms with Crippen LogP contribution in [0.3, 0.4) is 0 Å². The summed E-state index contributed by atoms with van der Waals surface area (Å²) in [5.41, 5.74) is 0.860. The number of hydrogen-bond acceptors (Lipinski definition) is 5. The topological polar surface area (TPSA) is 48.0 Å². The van der Waals surface area contributed by atoms with E-state index >= 15 is 0 Å². The van der Waals surface area contributed by atoms with Crippen molar-refractivity contribution in [2.24, 2.45) is 5.92 Å². The Hall–Kier alpha value is -1.85. The molecule has 25 heavy (non-hydrogen) atoms. The van der Waals surface area contributed by atoms with Gasteiger partial charge < -0.3 is 14.2 Å². The summed E-state index contributed by atoms with van der Waals surface area (Å²) in [7, 11) is 0. The molecule has 0 amide bonds. The molecule has 2 rings (SSSR count). The molecule has 5 heteroatoms. The van der Waals surface area contributed by atoms with E-state index in [-0.39, 0.29) is 18.7 Å². The largest absolute Gasteiger partial charge is 0.493 e. The fourth-order valence-corrected chi connectivity index (χ4v) is 2.85. The summed E-state index contributed by atoms with van der Waals surface area (Å²) in [5.74, 6) is 1.01. The fourth-order valence-electron chi connectivity index (χ4n) is 2.85. The van der Waals surface area contributed by atoms with Crippen LogP contribution in [0.1, 0.15) is 26.3 Å². The first-order chi connectivity index (χ1) is 12.1. The molecule has 1 saturated heterocycles. The Balaban J connectivity index is 1.80. The lowest BCUT2D eigenvalue weighted by Crippen LogP contribution is -2.45. The van der Waals surface area contributed by atoms with Crippen molar-refractivity contribution in [3.05, 3.63) is 35.9 Å². The molecule has 0 aliphatic carbocycles. The molecule has 0 spiro atoms. The number of morpholine rings is 1. The van der Waals surface area contributed by atoms with Crippen LogP contribution in [0.4, 0.5) is 0 Å². The molecular formula is C20H29NO4. The van der Waals surface area contributed by atoms with Gasteiger partial charge >= 0.3 is 5.97 Å². The number of para-hydroxylation sites is 1. The summed E-state index contributed by atoms with van der Waals surface area (Å²) in [6.07, 6.45) is 3.10. The minimum absolute atomic E-state index is 0.0550. The smallest absolute Gasteiger partial charge is 0.330 e. The van der Waals surface area contributed by atoms with Crippen molar-refractivity contribution in [2.45, 2.75) is 26.9 Å². The van der Waals surface area contributed by atoms with Gasteiger partial charge in [0.15, 0.2) is 0 Å². The van der Waals surface area contributed by atoms with Crippen molar-refractivity contribution in [3.8, 4) is 5.75 Å². The Kier molecular flexibility index (Phi) is 7.95. The van der Waals surface area contributed by atoms with E-state index in [9.17, 15) is 4.79 Å². The Morgan fingerprint density at radius 2 is 2.20 bits per heavy atom. The van der Waals surface area contributed by atoms with E-state index in [1.165, 1.54) is 6.08 Å². The van der Waals surface area contributed by atoms with Gasteiger partial charge in [-0.3, -0.25) is 4.90 Å². The normalized spacial score (nSPS) is 18.6. The van der Waals surface area contributed by atoms with Crippen molar-refractivity contribution in [1.82, 2.24) is 4.90 Å². The SMILES string of the molecule is CCOc1ccccc1/C=C/C(=O)OCC1CN(CC(C)C)CCO1. The van der Waals surface area contributed by atoms with Crippen molar-refractivity contribution in [2.75, 3.05) is 39.5 Å². The van der Waals surface area contributed by atoms with E-state index < -0.39 is 0 Å². The van der Waals surface area contributed by atoms with Crippen LogP contribution in [0, 0.1) is 5.92 Å². The van der Waals surface area contributed by atoms with Crippen LogP contribution in [0.25, 0.3) is 6.08 Å². The monoisotopic (exact) mass is 347 g/mol. The number of hydrogen-bond donors (Lipinski definition) is 0. The quantitative estimate of drug-likeness (QED) is 0.534. The van der Waals surface area contributed by atoms with Gasteiger partial charge in [0.1, 0.15) is 18.5 Å². The highest BCUT2D eigenvalue weighted by molar-refractivity contribution is 5.87. The van der Waals surface area contributed by atoms with E-state index in [1.807, 2.05) is 31.2 Å². The first-order valence-corrected chi connectivity index (χ1v) is 8.99.